The van der Waals surface area contributed by atoms with Gasteiger partial charge in [0.1, 0.15) is 22.8 Å². The maximum absolute atomic E-state index is 11.9. The van der Waals surface area contributed by atoms with Crippen LogP contribution >= 0.6 is 0 Å². The first kappa shape index (κ1) is 13.4. The van der Waals surface area contributed by atoms with E-state index in [0.29, 0.717) is 11.5 Å². The van der Waals surface area contributed by atoms with Gasteiger partial charge in [-0.15, -0.1) is 0 Å². The summed E-state index contributed by atoms with van der Waals surface area (Å²) in [4.78, 5) is 11.9. The third kappa shape index (κ3) is 2.88. The van der Waals surface area contributed by atoms with Crippen LogP contribution in [0.25, 0.3) is 0 Å². The van der Waals surface area contributed by atoms with Crippen molar-refractivity contribution in [1.29, 1.82) is 0 Å². The molecule has 2 heterocycles. The number of hydrogen-bond donors (Lipinski definition) is 2. The number of furan rings is 1. The molecular weight excluding hydrogens is 244 g/mol. The van der Waals surface area contributed by atoms with E-state index in [4.69, 9.17) is 4.42 Å². The Morgan fingerprint density at radius 1 is 1.47 bits per heavy atom. The van der Waals surface area contributed by atoms with Gasteiger partial charge in [-0.2, -0.15) is 0 Å². The van der Waals surface area contributed by atoms with E-state index in [1.165, 1.54) is 0 Å². The van der Waals surface area contributed by atoms with Gasteiger partial charge in [-0.3, -0.25) is 4.79 Å². The second-order valence-corrected chi connectivity index (χ2v) is 4.87. The molecule has 0 aliphatic heterocycles. The Kier molecular flexibility index (Phi) is 3.48. The van der Waals surface area contributed by atoms with Crippen molar-refractivity contribution in [3.63, 3.8) is 0 Å². The van der Waals surface area contributed by atoms with Crippen molar-refractivity contribution in [3.8, 4) is 0 Å². The van der Waals surface area contributed by atoms with E-state index in [2.05, 4.69) is 5.32 Å². The minimum absolute atomic E-state index is 0.0873. The van der Waals surface area contributed by atoms with Crippen molar-refractivity contribution in [2.75, 3.05) is 6.54 Å². The fourth-order valence-electron chi connectivity index (χ4n) is 1.85. The van der Waals surface area contributed by atoms with E-state index >= 15 is 0 Å². The number of rotatable bonds is 4. The fraction of sp³-hybridized carbons (Fsp3) is 0.357. The minimum Gasteiger partial charge on any atom is -0.463 e. The van der Waals surface area contributed by atoms with E-state index in [1.807, 2.05) is 6.92 Å². The largest absolute Gasteiger partial charge is 0.463 e. The van der Waals surface area contributed by atoms with Crippen LogP contribution in [0.1, 0.15) is 28.9 Å². The van der Waals surface area contributed by atoms with E-state index in [1.54, 1.807) is 49.0 Å². The van der Waals surface area contributed by atoms with Crippen LogP contribution in [0.4, 0.5) is 0 Å². The topological polar surface area (TPSA) is 67.4 Å². The summed E-state index contributed by atoms with van der Waals surface area (Å²) in [5.74, 6) is 0.942. The molecule has 0 aliphatic rings. The highest BCUT2D eigenvalue weighted by Gasteiger charge is 2.27. The summed E-state index contributed by atoms with van der Waals surface area (Å²) in [5, 5.41) is 13.0. The molecule has 0 aliphatic carbocycles. The molecule has 1 amide bonds. The lowest BCUT2D eigenvalue weighted by Gasteiger charge is -2.21. The minimum atomic E-state index is -1.23. The standard InChI is InChI=1S/C14H18N2O3/c1-10-6-7-12(19-10)14(2,18)9-15-13(17)11-5-4-8-16(11)3/h4-8,18H,9H2,1-3H3,(H,15,17). The van der Waals surface area contributed by atoms with E-state index in [-0.39, 0.29) is 12.5 Å². The van der Waals surface area contributed by atoms with Crippen LogP contribution in [0.3, 0.4) is 0 Å². The molecule has 0 bridgehead atoms. The van der Waals surface area contributed by atoms with Crippen molar-refractivity contribution in [2.24, 2.45) is 7.05 Å². The maximum Gasteiger partial charge on any atom is 0.268 e. The van der Waals surface area contributed by atoms with Crippen molar-refractivity contribution < 1.29 is 14.3 Å². The number of nitrogens with one attached hydrogen (secondary N) is 1. The van der Waals surface area contributed by atoms with Crippen LogP contribution in [0.5, 0.6) is 0 Å². The van der Waals surface area contributed by atoms with E-state index in [9.17, 15) is 9.90 Å². The highest BCUT2D eigenvalue weighted by Crippen LogP contribution is 2.22. The average Bonchev–Trinajstić information content (AvgIpc) is 2.95. The van der Waals surface area contributed by atoms with Gasteiger partial charge in [-0.1, -0.05) is 0 Å². The molecule has 0 saturated heterocycles. The molecule has 19 heavy (non-hydrogen) atoms. The summed E-state index contributed by atoms with van der Waals surface area (Å²) in [6.45, 7) is 3.50. The number of nitrogens with zero attached hydrogens (tertiary/aromatic N) is 1. The summed E-state index contributed by atoms with van der Waals surface area (Å²) < 4.78 is 7.11. The lowest BCUT2D eigenvalue weighted by Crippen LogP contribution is -2.38. The summed E-state index contributed by atoms with van der Waals surface area (Å²) in [6, 6.07) is 7.01. The van der Waals surface area contributed by atoms with Crippen LogP contribution in [0, 0.1) is 6.92 Å². The lowest BCUT2D eigenvalue weighted by molar-refractivity contribution is 0.0322. The van der Waals surface area contributed by atoms with Crippen molar-refractivity contribution >= 4 is 5.91 Å². The normalized spacial score (nSPS) is 14.1. The zero-order valence-corrected chi connectivity index (χ0v) is 11.3. The molecular formula is C14H18N2O3. The number of aromatic nitrogens is 1. The third-order valence-electron chi connectivity index (χ3n) is 3.04. The van der Waals surface area contributed by atoms with Crippen LogP contribution < -0.4 is 5.32 Å². The molecule has 2 N–H and O–H groups in total. The maximum atomic E-state index is 11.9. The molecule has 0 saturated carbocycles. The highest BCUT2D eigenvalue weighted by atomic mass is 16.4. The quantitative estimate of drug-likeness (QED) is 0.878. The summed E-state index contributed by atoms with van der Waals surface area (Å²) in [5.41, 5.74) is -0.679. The number of hydrogen-bond acceptors (Lipinski definition) is 3. The van der Waals surface area contributed by atoms with Gasteiger partial charge in [0, 0.05) is 13.2 Å². The van der Waals surface area contributed by atoms with Gasteiger partial charge in [0.05, 0.1) is 6.54 Å². The molecule has 0 spiro atoms. The molecule has 2 aromatic heterocycles. The third-order valence-corrected chi connectivity index (χ3v) is 3.04. The van der Waals surface area contributed by atoms with Gasteiger partial charge in [-0.25, -0.2) is 0 Å². The molecule has 0 aromatic carbocycles. The van der Waals surface area contributed by atoms with Gasteiger partial charge in [0.15, 0.2) is 0 Å². The smallest absolute Gasteiger partial charge is 0.268 e. The van der Waals surface area contributed by atoms with Crippen LogP contribution in [-0.4, -0.2) is 22.1 Å². The van der Waals surface area contributed by atoms with Crippen LogP contribution in [-0.2, 0) is 12.6 Å². The average molecular weight is 262 g/mol. The summed E-state index contributed by atoms with van der Waals surface area (Å²) in [6.07, 6.45) is 1.79. The van der Waals surface area contributed by atoms with Crippen LogP contribution in [0.2, 0.25) is 0 Å². The second-order valence-electron chi connectivity index (χ2n) is 4.87. The Labute approximate surface area is 111 Å². The van der Waals surface area contributed by atoms with Crippen molar-refractivity contribution in [1.82, 2.24) is 9.88 Å². The first-order valence-corrected chi connectivity index (χ1v) is 6.09. The van der Waals surface area contributed by atoms with Crippen LogP contribution in [0.15, 0.2) is 34.9 Å². The number of aliphatic hydroxyl groups is 1. The molecule has 0 radical (unpaired) electrons. The lowest BCUT2D eigenvalue weighted by atomic mass is 10.0. The van der Waals surface area contributed by atoms with Gasteiger partial charge in [0.25, 0.3) is 5.91 Å². The zero-order chi connectivity index (χ0) is 14.0. The predicted molar refractivity (Wildman–Crippen MR) is 70.8 cm³/mol. The summed E-state index contributed by atoms with van der Waals surface area (Å²) in [7, 11) is 1.79. The number of carbonyl (C=O) groups excluding carboxylic acids is 1. The molecule has 0 fully saturated rings. The molecule has 2 aromatic rings. The van der Waals surface area contributed by atoms with Gasteiger partial charge in [-0.05, 0) is 38.1 Å². The Bertz CT molecular complexity index is 581. The van der Waals surface area contributed by atoms with Gasteiger partial charge < -0.3 is 19.4 Å². The van der Waals surface area contributed by atoms with Gasteiger partial charge in [0.2, 0.25) is 0 Å². The second kappa shape index (κ2) is 4.93. The number of carbonyl (C=O) groups is 1. The molecule has 102 valence electrons. The molecule has 5 heteroatoms. The number of amides is 1. The highest BCUT2D eigenvalue weighted by molar-refractivity contribution is 5.92. The SMILES string of the molecule is Cc1ccc(C(C)(O)CNC(=O)c2cccn2C)o1. The van der Waals surface area contributed by atoms with Gasteiger partial charge >= 0.3 is 0 Å². The first-order valence-electron chi connectivity index (χ1n) is 6.09. The Morgan fingerprint density at radius 2 is 2.21 bits per heavy atom. The molecule has 1 atom stereocenters. The Balaban J connectivity index is 2.02. The van der Waals surface area contributed by atoms with E-state index in [0.717, 1.165) is 5.76 Å². The monoisotopic (exact) mass is 262 g/mol. The molecule has 5 nitrogen and oxygen atoms in total. The first-order chi connectivity index (χ1) is 8.90. The zero-order valence-electron chi connectivity index (χ0n) is 11.3. The Hall–Kier alpha value is -2.01. The fourth-order valence-corrected chi connectivity index (χ4v) is 1.85. The summed E-state index contributed by atoms with van der Waals surface area (Å²) >= 11 is 0. The predicted octanol–water partition coefficient (Wildman–Crippen LogP) is 1.56. The van der Waals surface area contributed by atoms with Crippen molar-refractivity contribution in [2.45, 2.75) is 19.4 Å². The number of aryl methyl sites for hydroxylation is 2. The molecule has 2 rings (SSSR count). The Morgan fingerprint density at radius 3 is 2.74 bits per heavy atom. The molecule has 1 unspecified atom stereocenters. The van der Waals surface area contributed by atoms with E-state index < -0.39 is 5.60 Å². The van der Waals surface area contributed by atoms with Crippen molar-refractivity contribution in [3.05, 3.63) is 47.7 Å².